The van der Waals surface area contributed by atoms with Gasteiger partial charge in [0.05, 0.1) is 19.2 Å². The minimum absolute atomic E-state index is 0.00784. The highest BCUT2D eigenvalue weighted by Gasteiger charge is 2.33. The van der Waals surface area contributed by atoms with Gasteiger partial charge in [-0.1, -0.05) is 30.3 Å². The van der Waals surface area contributed by atoms with E-state index in [0.717, 1.165) is 18.5 Å². The van der Waals surface area contributed by atoms with E-state index in [1.54, 1.807) is 11.3 Å². The number of likely N-dealkylation sites (N-methyl/N-ethyl adjacent to an activating group) is 1. The Labute approximate surface area is 147 Å². The Hall–Kier alpha value is -1.69. The fourth-order valence-corrected chi connectivity index (χ4v) is 4.08. The van der Waals surface area contributed by atoms with E-state index >= 15 is 0 Å². The molecule has 3 rings (SSSR count). The molecule has 1 amide bonds. The third kappa shape index (κ3) is 3.38. The molecule has 0 radical (unpaired) electrons. The lowest BCUT2D eigenvalue weighted by Gasteiger charge is -2.37. The third-order valence-electron chi connectivity index (χ3n) is 4.80. The van der Waals surface area contributed by atoms with E-state index < -0.39 is 0 Å². The van der Waals surface area contributed by atoms with Gasteiger partial charge in [-0.25, -0.2) is 0 Å². The Morgan fingerprint density at radius 1 is 1.38 bits per heavy atom. The summed E-state index contributed by atoms with van der Waals surface area (Å²) in [6, 6.07) is 12.4. The van der Waals surface area contributed by atoms with Crippen LogP contribution in [0.3, 0.4) is 0 Å². The highest BCUT2D eigenvalue weighted by Crippen LogP contribution is 2.37. The summed E-state index contributed by atoms with van der Waals surface area (Å²) in [5.41, 5.74) is 2.41. The van der Waals surface area contributed by atoms with Crippen LogP contribution >= 0.6 is 11.3 Å². The number of nitrogens with zero attached hydrogens (tertiary/aromatic N) is 2. The second kappa shape index (κ2) is 7.47. The topological polar surface area (TPSA) is 43.8 Å². The van der Waals surface area contributed by atoms with Crippen LogP contribution in [0.5, 0.6) is 0 Å². The molecule has 0 spiro atoms. The highest BCUT2D eigenvalue weighted by molar-refractivity contribution is 7.10. The van der Waals surface area contributed by atoms with Crippen LogP contribution in [0.15, 0.2) is 41.8 Å². The fraction of sp³-hybridized carbons (Fsp3) is 0.421. The lowest BCUT2D eigenvalue weighted by molar-refractivity contribution is -0.134. The quantitative estimate of drug-likeness (QED) is 0.906. The molecule has 0 saturated carbocycles. The molecular formula is C19H24N2O2S. The van der Waals surface area contributed by atoms with Gasteiger partial charge in [-0.3, -0.25) is 9.69 Å². The largest absolute Gasteiger partial charge is 0.395 e. The zero-order chi connectivity index (χ0) is 17.1. The van der Waals surface area contributed by atoms with E-state index in [4.69, 9.17) is 0 Å². The van der Waals surface area contributed by atoms with Crippen molar-refractivity contribution in [2.45, 2.75) is 25.4 Å². The molecule has 5 heteroatoms. The van der Waals surface area contributed by atoms with Crippen LogP contribution in [0.1, 0.15) is 29.0 Å². The van der Waals surface area contributed by atoms with Gasteiger partial charge in [-0.15, -0.1) is 11.3 Å². The second-order valence-corrected chi connectivity index (χ2v) is 7.40. The lowest BCUT2D eigenvalue weighted by atomic mass is 9.93. The molecule has 0 saturated heterocycles. The summed E-state index contributed by atoms with van der Waals surface area (Å²) in [6.07, 6.45) is 0.918. The fourth-order valence-electron chi connectivity index (χ4n) is 3.18. The SMILES string of the molecule is CC(CO)N(C)CC(=O)N1CCc2sccc2C1c1ccccc1. The smallest absolute Gasteiger partial charge is 0.237 e. The van der Waals surface area contributed by atoms with Crippen LogP contribution in [0.2, 0.25) is 0 Å². The minimum atomic E-state index is -0.0226. The van der Waals surface area contributed by atoms with Gasteiger partial charge >= 0.3 is 0 Å². The molecule has 1 aliphatic rings. The molecule has 0 fully saturated rings. The molecule has 1 aliphatic heterocycles. The number of thiophene rings is 1. The Morgan fingerprint density at radius 3 is 2.83 bits per heavy atom. The van der Waals surface area contributed by atoms with Gasteiger partial charge < -0.3 is 10.0 Å². The van der Waals surface area contributed by atoms with Crippen molar-refractivity contribution < 1.29 is 9.90 Å². The van der Waals surface area contributed by atoms with Crippen molar-refractivity contribution >= 4 is 17.2 Å². The van der Waals surface area contributed by atoms with E-state index in [1.807, 2.05) is 42.0 Å². The van der Waals surface area contributed by atoms with Crippen LogP contribution in [-0.2, 0) is 11.2 Å². The standard InChI is InChI=1S/C19H24N2O2S/c1-14(13-22)20(2)12-18(23)21-10-8-17-16(9-11-24-17)19(21)15-6-4-3-5-7-15/h3-7,9,11,14,19,22H,8,10,12-13H2,1-2H3. The zero-order valence-corrected chi connectivity index (χ0v) is 15.0. The average molecular weight is 344 g/mol. The maximum absolute atomic E-state index is 13.0. The molecule has 2 unspecified atom stereocenters. The van der Waals surface area contributed by atoms with Crippen molar-refractivity contribution in [1.29, 1.82) is 0 Å². The van der Waals surface area contributed by atoms with Crippen LogP contribution < -0.4 is 0 Å². The summed E-state index contributed by atoms with van der Waals surface area (Å²) in [7, 11) is 1.89. The van der Waals surface area contributed by atoms with Crippen molar-refractivity contribution in [3.05, 3.63) is 57.8 Å². The van der Waals surface area contributed by atoms with E-state index in [-0.39, 0.29) is 24.6 Å². The Morgan fingerprint density at radius 2 is 2.12 bits per heavy atom. The van der Waals surface area contributed by atoms with Gasteiger partial charge in [0.25, 0.3) is 0 Å². The molecule has 2 atom stereocenters. The van der Waals surface area contributed by atoms with Crippen molar-refractivity contribution in [3.8, 4) is 0 Å². The Bertz CT molecular complexity index is 686. The molecule has 0 aliphatic carbocycles. The first-order valence-electron chi connectivity index (χ1n) is 8.33. The summed E-state index contributed by atoms with van der Waals surface area (Å²) in [4.78, 5) is 18.2. The van der Waals surface area contributed by atoms with Gasteiger partial charge in [0.2, 0.25) is 5.91 Å². The van der Waals surface area contributed by atoms with Crippen molar-refractivity contribution in [2.75, 3.05) is 26.7 Å². The number of aliphatic hydroxyl groups excluding tert-OH is 1. The molecule has 1 N–H and O–H groups in total. The van der Waals surface area contributed by atoms with Crippen LogP contribution in [0, 0.1) is 0 Å². The normalized spacial score (nSPS) is 18.5. The van der Waals surface area contributed by atoms with Crippen LogP contribution in [0.25, 0.3) is 0 Å². The van der Waals surface area contributed by atoms with Crippen molar-refractivity contribution in [2.24, 2.45) is 0 Å². The molecule has 0 bridgehead atoms. The summed E-state index contributed by atoms with van der Waals surface area (Å²) < 4.78 is 0. The number of benzene rings is 1. The first kappa shape index (κ1) is 17.1. The first-order chi connectivity index (χ1) is 11.6. The van der Waals surface area contributed by atoms with Crippen molar-refractivity contribution in [3.63, 3.8) is 0 Å². The Balaban J connectivity index is 1.88. The van der Waals surface area contributed by atoms with Gasteiger partial charge in [0.15, 0.2) is 0 Å². The molecule has 1 aromatic heterocycles. The van der Waals surface area contributed by atoms with Crippen molar-refractivity contribution in [1.82, 2.24) is 9.80 Å². The van der Waals surface area contributed by atoms with Gasteiger partial charge in [-0.2, -0.15) is 0 Å². The third-order valence-corrected chi connectivity index (χ3v) is 5.80. The molecule has 2 aromatic rings. The maximum Gasteiger partial charge on any atom is 0.237 e. The molecule has 2 heterocycles. The molecular weight excluding hydrogens is 320 g/mol. The number of carbonyl (C=O) groups excluding carboxylic acids is 1. The predicted octanol–water partition coefficient (Wildman–Crippen LogP) is 2.53. The van der Waals surface area contributed by atoms with Gasteiger partial charge in [0, 0.05) is 17.5 Å². The Kier molecular flexibility index (Phi) is 5.33. The van der Waals surface area contributed by atoms with E-state index in [9.17, 15) is 9.90 Å². The molecule has 1 aromatic carbocycles. The predicted molar refractivity (Wildman–Crippen MR) is 97.2 cm³/mol. The minimum Gasteiger partial charge on any atom is -0.395 e. The van der Waals surface area contributed by atoms with E-state index in [1.165, 1.54) is 10.4 Å². The number of fused-ring (bicyclic) bond motifs is 1. The second-order valence-electron chi connectivity index (χ2n) is 6.40. The van der Waals surface area contributed by atoms with E-state index in [0.29, 0.717) is 6.54 Å². The van der Waals surface area contributed by atoms with Gasteiger partial charge in [-0.05, 0) is 43.0 Å². The highest BCUT2D eigenvalue weighted by atomic mass is 32.1. The number of aliphatic hydroxyl groups is 1. The summed E-state index contributed by atoms with van der Waals surface area (Å²) >= 11 is 1.78. The average Bonchev–Trinajstić information content (AvgIpc) is 3.09. The first-order valence-corrected chi connectivity index (χ1v) is 9.21. The number of rotatable bonds is 5. The number of carbonyl (C=O) groups is 1. The van der Waals surface area contributed by atoms with Crippen LogP contribution in [0.4, 0.5) is 0 Å². The monoisotopic (exact) mass is 344 g/mol. The molecule has 4 nitrogen and oxygen atoms in total. The van der Waals surface area contributed by atoms with Crippen LogP contribution in [-0.4, -0.2) is 53.6 Å². The number of hydrogen-bond acceptors (Lipinski definition) is 4. The molecule has 24 heavy (non-hydrogen) atoms. The lowest BCUT2D eigenvalue weighted by Crippen LogP contribution is -2.46. The summed E-state index contributed by atoms with van der Waals surface area (Å²) in [6.45, 7) is 3.05. The summed E-state index contributed by atoms with van der Waals surface area (Å²) in [5.74, 6) is 0.114. The summed E-state index contributed by atoms with van der Waals surface area (Å²) in [5, 5.41) is 11.4. The maximum atomic E-state index is 13.0. The molecule has 128 valence electrons. The number of amides is 1. The zero-order valence-electron chi connectivity index (χ0n) is 14.2. The van der Waals surface area contributed by atoms with Gasteiger partial charge in [0.1, 0.15) is 0 Å². The number of hydrogen-bond donors (Lipinski definition) is 1. The van der Waals surface area contributed by atoms with E-state index in [2.05, 4.69) is 23.6 Å².